The van der Waals surface area contributed by atoms with Gasteiger partial charge in [-0.3, -0.25) is 9.59 Å². The number of carbonyl (C=O) groups is 2. The molecule has 3 aromatic carbocycles. The highest BCUT2D eigenvalue weighted by atomic mass is 19.1. The van der Waals surface area contributed by atoms with E-state index in [1.807, 2.05) is 67.3 Å². The Balaban J connectivity index is 1.59. The van der Waals surface area contributed by atoms with Crippen molar-refractivity contribution in [3.8, 4) is 5.75 Å². The summed E-state index contributed by atoms with van der Waals surface area (Å²) in [7, 11) is 1.77. The zero-order valence-corrected chi connectivity index (χ0v) is 21.3. The van der Waals surface area contributed by atoms with Gasteiger partial charge in [0, 0.05) is 26.1 Å². The molecule has 188 valence electrons. The van der Waals surface area contributed by atoms with Crippen molar-refractivity contribution in [2.24, 2.45) is 5.92 Å². The average molecular weight is 489 g/mol. The molecule has 4 rings (SSSR count). The molecule has 0 N–H and O–H groups in total. The van der Waals surface area contributed by atoms with Crippen LogP contribution in [0.15, 0.2) is 72.8 Å². The fourth-order valence-corrected chi connectivity index (χ4v) is 4.74. The van der Waals surface area contributed by atoms with Crippen LogP contribution in [0.2, 0.25) is 0 Å². The molecule has 2 atom stereocenters. The smallest absolute Gasteiger partial charge is 0.263 e. The van der Waals surface area contributed by atoms with Crippen LogP contribution in [0, 0.1) is 11.7 Å². The number of amides is 2. The number of halogens is 1. The van der Waals surface area contributed by atoms with Crippen molar-refractivity contribution in [2.75, 3.05) is 13.6 Å². The maximum absolute atomic E-state index is 13.7. The van der Waals surface area contributed by atoms with Crippen LogP contribution in [0.3, 0.4) is 0 Å². The van der Waals surface area contributed by atoms with E-state index in [1.165, 1.54) is 12.1 Å². The lowest BCUT2D eigenvalue weighted by Crippen LogP contribution is -2.42. The molecule has 2 unspecified atom stereocenters. The second kappa shape index (κ2) is 10.9. The number of carbonyl (C=O) groups excluding carboxylic acids is 2. The van der Waals surface area contributed by atoms with Gasteiger partial charge in [-0.25, -0.2) is 4.39 Å². The Morgan fingerprint density at radius 3 is 2.39 bits per heavy atom. The van der Waals surface area contributed by atoms with E-state index in [-0.39, 0.29) is 29.6 Å². The summed E-state index contributed by atoms with van der Waals surface area (Å²) < 4.78 is 19.8. The molecule has 0 fully saturated rings. The van der Waals surface area contributed by atoms with E-state index in [4.69, 9.17) is 4.74 Å². The van der Waals surface area contributed by atoms with Crippen molar-refractivity contribution in [2.45, 2.75) is 45.9 Å². The Kier molecular flexibility index (Phi) is 7.73. The molecular weight excluding hydrogens is 455 g/mol. The van der Waals surface area contributed by atoms with Crippen LogP contribution in [0.25, 0.3) is 0 Å². The van der Waals surface area contributed by atoms with E-state index in [9.17, 15) is 14.0 Å². The van der Waals surface area contributed by atoms with E-state index in [0.717, 1.165) is 28.7 Å². The Morgan fingerprint density at radius 1 is 1.03 bits per heavy atom. The first-order valence-electron chi connectivity index (χ1n) is 12.4. The fraction of sp³-hybridized carbons (Fsp3) is 0.333. The first-order chi connectivity index (χ1) is 17.2. The van der Waals surface area contributed by atoms with Gasteiger partial charge in [-0.05, 0) is 59.9 Å². The lowest BCUT2D eigenvalue weighted by Gasteiger charge is -2.39. The first kappa shape index (κ1) is 25.4. The number of rotatable bonds is 7. The largest absolute Gasteiger partial charge is 0.481 e. The lowest BCUT2D eigenvalue weighted by atomic mass is 9.87. The van der Waals surface area contributed by atoms with Crippen molar-refractivity contribution >= 4 is 11.8 Å². The van der Waals surface area contributed by atoms with Gasteiger partial charge < -0.3 is 14.5 Å². The van der Waals surface area contributed by atoms with Crippen LogP contribution in [0.5, 0.6) is 5.75 Å². The van der Waals surface area contributed by atoms with Crippen molar-refractivity contribution in [1.29, 1.82) is 0 Å². The SMILES string of the molecule is CC(C)C(=O)N1CCc2ccc(OC(C)C(=O)N(C)Cc3ccccc3)cc2C1c1ccc(F)cc1. The normalized spacial score (nSPS) is 15.8. The summed E-state index contributed by atoms with van der Waals surface area (Å²) in [5.74, 6) is 0.0107. The Morgan fingerprint density at radius 2 is 1.72 bits per heavy atom. The van der Waals surface area contributed by atoms with Crippen LogP contribution in [0.1, 0.15) is 49.1 Å². The molecule has 0 saturated heterocycles. The molecule has 1 aliphatic rings. The number of benzene rings is 3. The molecule has 0 spiro atoms. The van der Waals surface area contributed by atoms with Crippen LogP contribution in [-0.4, -0.2) is 41.3 Å². The van der Waals surface area contributed by atoms with Gasteiger partial charge in [0.15, 0.2) is 6.10 Å². The molecule has 5 nitrogen and oxygen atoms in total. The minimum atomic E-state index is -0.682. The van der Waals surface area contributed by atoms with E-state index < -0.39 is 6.10 Å². The van der Waals surface area contributed by atoms with Gasteiger partial charge in [-0.1, -0.05) is 62.4 Å². The summed E-state index contributed by atoms with van der Waals surface area (Å²) >= 11 is 0. The predicted octanol–water partition coefficient (Wildman–Crippen LogP) is 5.38. The topological polar surface area (TPSA) is 49.9 Å². The molecule has 1 aliphatic heterocycles. The average Bonchev–Trinajstić information content (AvgIpc) is 2.88. The number of hydrogen-bond donors (Lipinski definition) is 0. The third kappa shape index (κ3) is 5.59. The summed E-state index contributed by atoms with van der Waals surface area (Å²) in [5, 5.41) is 0. The van der Waals surface area contributed by atoms with Gasteiger partial charge in [-0.2, -0.15) is 0 Å². The molecule has 36 heavy (non-hydrogen) atoms. The standard InChI is InChI=1S/C30H33FN2O3/c1-20(2)29(34)33-17-16-23-12-15-26(18-27(23)28(33)24-10-13-25(31)14-11-24)36-21(3)30(35)32(4)19-22-8-6-5-7-9-22/h5-15,18,20-21,28H,16-17,19H2,1-4H3. The van der Waals surface area contributed by atoms with Gasteiger partial charge in [-0.15, -0.1) is 0 Å². The minimum absolute atomic E-state index is 0.0485. The van der Waals surface area contributed by atoms with Crippen molar-refractivity contribution in [1.82, 2.24) is 9.80 Å². The number of hydrogen-bond acceptors (Lipinski definition) is 3. The highest BCUT2D eigenvalue weighted by Gasteiger charge is 2.33. The van der Waals surface area contributed by atoms with E-state index in [0.29, 0.717) is 18.8 Å². The number of fused-ring (bicyclic) bond motifs is 1. The Labute approximate surface area is 212 Å². The minimum Gasteiger partial charge on any atom is -0.481 e. The predicted molar refractivity (Wildman–Crippen MR) is 138 cm³/mol. The quantitative estimate of drug-likeness (QED) is 0.449. The van der Waals surface area contributed by atoms with Crippen LogP contribution in [0.4, 0.5) is 4.39 Å². The second-order valence-electron chi connectivity index (χ2n) is 9.69. The fourth-order valence-electron chi connectivity index (χ4n) is 4.74. The summed E-state index contributed by atoms with van der Waals surface area (Å²) in [6.45, 7) is 6.61. The molecule has 1 heterocycles. The molecule has 3 aromatic rings. The maximum Gasteiger partial charge on any atom is 0.263 e. The van der Waals surface area contributed by atoms with Crippen LogP contribution in [-0.2, 0) is 22.6 Å². The number of nitrogens with zero attached hydrogens (tertiary/aromatic N) is 2. The third-order valence-corrected chi connectivity index (χ3v) is 6.61. The van der Waals surface area contributed by atoms with Crippen LogP contribution < -0.4 is 4.74 Å². The molecule has 6 heteroatoms. The second-order valence-corrected chi connectivity index (χ2v) is 9.69. The van der Waals surface area contributed by atoms with E-state index in [1.54, 1.807) is 31.0 Å². The Bertz CT molecular complexity index is 1210. The number of likely N-dealkylation sites (N-methyl/N-ethyl adjacent to an activating group) is 1. The van der Waals surface area contributed by atoms with Gasteiger partial charge >= 0.3 is 0 Å². The van der Waals surface area contributed by atoms with E-state index in [2.05, 4.69) is 0 Å². The van der Waals surface area contributed by atoms with Crippen molar-refractivity contribution < 1.29 is 18.7 Å². The monoisotopic (exact) mass is 488 g/mol. The van der Waals surface area contributed by atoms with Gasteiger partial charge in [0.25, 0.3) is 5.91 Å². The molecular formula is C30H33FN2O3. The van der Waals surface area contributed by atoms with Crippen molar-refractivity contribution in [3.05, 3.63) is 101 Å². The summed E-state index contributed by atoms with van der Waals surface area (Å²) in [6, 6.07) is 21.6. The Hall–Kier alpha value is -3.67. The summed E-state index contributed by atoms with van der Waals surface area (Å²) in [4.78, 5) is 29.6. The summed E-state index contributed by atoms with van der Waals surface area (Å²) in [5.41, 5.74) is 3.95. The third-order valence-electron chi connectivity index (χ3n) is 6.61. The highest BCUT2D eigenvalue weighted by Crippen LogP contribution is 2.38. The molecule has 0 bridgehead atoms. The zero-order valence-electron chi connectivity index (χ0n) is 21.3. The molecule has 0 saturated carbocycles. The van der Waals surface area contributed by atoms with Gasteiger partial charge in [0.05, 0.1) is 6.04 Å². The molecule has 2 amide bonds. The van der Waals surface area contributed by atoms with Crippen molar-refractivity contribution in [3.63, 3.8) is 0 Å². The van der Waals surface area contributed by atoms with Gasteiger partial charge in [0.2, 0.25) is 5.91 Å². The zero-order chi connectivity index (χ0) is 25.8. The molecule has 0 radical (unpaired) electrons. The first-order valence-corrected chi connectivity index (χ1v) is 12.4. The van der Waals surface area contributed by atoms with Crippen LogP contribution >= 0.6 is 0 Å². The van der Waals surface area contributed by atoms with E-state index >= 15 is 0 Å². The molecule has 0 aliphatic carbocycles. The lowest BCUT2D eigenvalue weighted by molar-refractivity contribution is -0.137. The highest BCUT2D eigenvalue weighted by molar-refractivity contribution is 5.81. The maximum atomic E-state index is 13.7. The molecule has 0 aromatic heterocycles. The summed E-state index contributed by atoms with van der Waals surface area (Å²) in [6.07, 6.45) is 0.0399. The van der Waals surface area contributed by atoms with Gasteiger partial charge in [0.1, 0.15) is 11.6 Å². The number of ether oxygens (including phenoxy) is 1.